The molecule has 1 N–H and O–H groups in total. The number of pyridine rings is 1. The van der Waals surface area contributed by atoms with E-state index in [1.54, 1.807) is 12.3 Å². The predicted molar refractivity (Wildman–Crippen MR) is 70.4 cm³/mol. The SMILES string of the molecule is OCC1CCC(Oc2ncc(Cl)cc2Br)CC1. The molecule has 0 amide bonds. The number of aliphatic hydroxyl groups excluding tert-OH is 1. The van der Waals surface area contributed by atoms with Crippen LogP contribution in [-0.4, -0.2) is 22.8 Å². The molecule has 1 aromatic heterocycles. The second-order valence-electron chi connectivity index (χ2n) is 4.38. The molecule has 3 nitrogen and oxygen atoms in total. The van der Waals surface area contributed by atoms with E-state index in [0.29, 0.717) is 16.8 Å². The van der Waals surface area contributed by atoms with E-state index >= 15 is 0 Å². The molecule has 1 saturated carbocycles. The molecule has 0 bridgehead atoms. The third kappa shape index (κ3) is 3.57. The Morgan fingerprint density at radius 2 is 2.12 bits per heavy atom. The molecule has 0 atom stereocenters. The molecule has 0 unspecified atom stereocenters. The number of nitrogens with zero attached hydrogens (tertiary/aromatic N) is 1. The smallest absolute Gasteiger partial charge is 0.228 e. The van der Waals surface area contributed by atoms with E-state index in [4.69, 9.17) is 21.4 Å². The summed E-state index contributed by atoms with van der Waals surface area (Å²) in [5.41, 5.74) is 0. The summed E-state index contributed by atoms with van der Waals surface area (Å²) in [6.45, 7) is 0.287. The van der Waals surface area contributed by atoms with Crippen LogP contribution in [-0.2, 0) is 0 Å². The normalized spacial score (nSPS) is 24.6. The number of rotatable bonds is 3. The average molecular weight is 321 g/mol. The molecule has 1 fully saturated rings. The molecule has 0 spiro atoms. The Bertz CT molecular complexity index is 381. The van der Waals surface area contributed by atoms with Gasteiger partial charge in [0.2, 0.25) is 5.88 Å². The van der Waals surface area contributed by atoms with Crippen LogP contribution in [0.15, 0.2) is 16.7 Å². The molecule has 1 aliphatic rings. The van der Waals surface area contributed by atoms with Gasteiger partial charge in [-0.15, -0.1) is 0 Å². The third-order valence-electron chi connectivity index (χ3n) is 3.10. The summed E-state index contributed by atoms with van der Waals surface area (Å²) in [4.78, 5) is 4.16. The van der Waals surface area contributed by atoms with Gasteiger partial charge in [-0.05, 0) is 53.6 Å². The highest BCUT2D eigenvalue weighted by atomic mass is 79.9. The highest BCUT2D eigenvalue weighted by molar-refractivity contribution is 9.10. The Kier molecular flexibility index (Phi) is 4.65. The van der Waals surface area contributed by atoms with E-state index in [1.807, 2.05) is 0 Å². The van der Waals surface area contributed by atoms with Crippen LogP contribution in [0.1, 0.15) is 25.7 Å². The van der Waals surface area contributed by atoms with Crippen molar-refractivity contribution in [2.24, 2.45) is 5.92 Å². The molecule has 94 valence electrons. The van der Waals surface area contributed by atoms with Crippen molar-refractivity contribution in [3.8, 4) is 5.88 Å². The summed E-state index contributed by atoms with van der Waals surface area (Å²) in [5, 5.41) is 9.66. The monoisotopic (exact) mass is 319 g/mol. The van der Waals surface area contributed by atoms with E-state index in [0.717, 1.165) is 30.2 Å². The Morgan fingerprint density at radius 3 is 2.71 bits per heavy atom. The van der Waals surface area contributed by atoms with Gasteiger partial charge >= 0.3 is 0 Å². The first kappa shape index (κ1) is 13.1. The standard InChI is InChI=1S/C12H15BrClNO2/c13-11-5-9(14)6-15-12(11)17-10-3-1-8(7-16)2-4-10/h5-6,8,10,16H,1-4,7H2. The molecular formula is C12H15BrClNO2. The second-order valence-corrected chi connectivity index (χ2v) is 5.67. The van der Waals surface area contributed by atoms with Gasteiger partial charge in [-0.2, -0.15) is 0 Å². The summed E-state index contributed by atoms with van der Waals surface area (Å²) in [7, 11) is 0. The number of aliphatic hydroxyl groups is 1. The molecular weight excluding hydrogens is 305 g/mol. The lowest BCUT2D eigenvalue weighted by Crippen LogP contribution is -2.25. The summed E-state index contributed by atoms with van der Waals surface area (Å²) in [6, 6.07) is 1.78. The average Bonchev–Trinajstić information content (AvgIpc) is 2.34. The van der Waals surface area contributed by atoms with E-state index in [9.17, 15) is 0 Å². The van der Waals surface area contributed by atoms with Gasteiger partial charge in [0.15, 0.2) is 0 Å². The molecule has 1 heterocycles. The fourth-order valence-electron chi connectivity index (χ4n) is 2.08. The van der Waals surface area contributed by atoms with Gasteiger partial charge in [0.05, 0.1) is 9.50 Å². The maximum Gasteiger partial charge on any atom is 0.228 e. The molecule has 5 heteroatoms. The number of ether oxygens (including phenoxy) is 1. The molecule has 17 heavy (non-hydrogen) atoms. The Hall–Kier alpha value is -0.320. The van der Waals surface area contributed by atoms with Crippen molar-refractivity contribution in [1.29, 1.82) is 0 Å². The van der Waals surface area contributed by atoms with Gasteiger partial charge in [0.1, 0.15) is 6.10 Å². The fraction of sp³-hybridized carbons (Fsp3) is 0.583. The topological polar surface area (TPSA) is 42.4 Å². The van der Waals surface area contributed by atoms with Crippen molar-refractivity contribution in [1.82, 2.24) is 4.98 Å². The lowest BCUT2D eigenvalue weighted by atomic mass is 9.88. The number of aromatic nitrogens is 1. The van der Waals surface area contributed by atoms with Crippen molar-refractivity contribution < 1.29 is 9.84 Å². The summed E-state index contributed by atoms with van der Waals surface area (Å²) in [5.74, 6) is 1.04. The van der Waals surface area contributed by atoms with Crippen molar-refractivity contribution in [2.75, 3.05) is 6.61 Å². The van der Waals surface area contributed by atoms with Crippen molar-refractivity contribution in [3.05, 3.63) is 21.8 Å². The maximum atomic E-state index is 9.07. The molecule has 0 radical (unpaired) electrons. The Morgan fingerprint density at radius 1 is 1.41 bits per heavy atom. The third-order valence-corrected chi connectivity index (χ3v) is 3.88. The van der Waals surface area contributed by atoms with E-state index < -0.39 is 0 Å². The molecule has 1 aromatic rings. The highest BCUT2D eigenvalue weighted by Gasteiger charge is 2.22. The first-order valence-electron chi connectivity index (χ1n) is 5.77. The van der Waals surface area contributed by atoms with E-state index in [2.05, 4.69) is 20.9 Å². The molecule has 2 rings (SSSR count). The minimum absolute atomic E-state index is 0.197. The Balaban J connectivity index is 1.93. The maximum absolute atomic E-state index is 9.07. The zero-order valence-corrected chi connectivity index (χ0v) is 11.7. The van der Waals surface area contributed by atoms with E-state index in [-0.39, 0.29) is 12.7 Å². The van der Waals surface area contributed by atoms with Crippen LogP contribution in [0.2, 0.25) is 5.02 Å². The van der Waals surface area contributed by atoms with Crippen LogP contribution >= 0.6 is 27.5 Å². The summed E-state index contributed by atoms with van der Waals surface area (Å²) < 4.78 is 6.62. The van der Waals surface area contributed by atoms with Gasteiger partial charge in [-0.25, -0.2) is 4.98 Å². The highest BCUT2D eigenvalue weighted by Crippen LogP contribution is 2.30. The van der Waals surface area contributed by atoms with Crippen molar-refractivity contribution in [3.63, 3.8) is 0 Å². The van der Waals surface area contributed by atoms with Crippen molar-refractivity contribution >= 4 is 27.5 Å². The largest absolute Gasteiger partial charge is 0.474 e. The van der Waals surface area contributed by atoms with Crippen molar-refractivity contribution in [2.45, 2.75) is 31.8 Å². The van der Waals surface area contributed by atoms with Gasteiger partial charge in [-0.3, -0.25) is 0 Å². The molecule has 0 aliphatic heterocycles. The zero-order valence-electron chi connectivity index (χ0n) is 9.40. The first-order chi connectivity index (χ1) is 8.19. The predicted octanol–water partition coefficient (Wildman–Crippen LogP) is 3.43. The van der Waals surface area contributed by atoms with Crippen LogP contribution in [0.4, 0.5) is 0 Å². The summed E-state index contributed by atoms with van der Waals surface area (Å²) in [6.07, 6.45) is 5.77. The van der Waals surface area contributed by atoms with Gasteiger partial charge < -0.3 is 9.84 Å². The number of halogens is 2. The van der Waals surface area contributed by atoms with Gasteiger partial charge in [-0.1, -0.05) is 11.6 Å². The lowest BCUT2D eigenvalue weighted by Gasteiger charge is -2.27. The molecule has 1 aliphatic carbocycles. The lowest BCUT2D eigenvalue weighted by molar-refractivity contribution is 0.0999. The molecule has 0 saturated heterocycles. The van der Waals surface area contributed by atoms with Crippen LogP contribution in [0.3, 0.4) is 0 Å². The number of hydrogen-bond donors (Lipinski definition) is 1. The summed E-state index contributed by atoms with van der Waals surface area (Å²) >= 11 is 9.21. The first-order valence-corrected chi connectivity index (χ1v) is 6.94. The minimum atomic E-state index is 0.197. The fourth-order valence-corrected chi connectivity index (χ4v) is 2.81. The second kappa shape index (κ2) is 6.03. The van der Waals surface area contributed by atoms with E-state index in [1.165, 1.54) is 0 Å². The van der Waals surface area contributed by atoms with Gasteiger partial charge in [0.25, 0.3) is 0 Å². The van der Waals surface area contributed by atoms with Crippen LogP contribution in [0.25, 0.3) is 0 Å². The van der Waals surface area contributed by atoms with Crippen LogP contribution in [0, 0.1) is 5.92 Å². The quantitative estimate of drug-likeness (QED) is 0.928. The minimum Gasteiger partial charge on any atom is -0.474 e. The van der Waals surface area contributed by atoms with Crippen LogP contribution in [0.5, 0.6) is 5.88 Å². The van der Waals surface area contributed by atoms with Crippen LogP contribution < -0.4 is 4.74 Å². The van der Waals surface area contributed by atoms with Gasteiger partial charge in [0, 0.05) is 12.8 Å². The Labute approximate surface area is 114 Å². The number of hydrogen-bond acceptors (Lipinski definition) is 3. The zero-order chi connectivity index (χ0) is 12.3. The molecule has 0 aromatic carbocycles.